The van der Waals surface area contributed by atoms with Crippen molar-refractivity contribution >= 4 is 29.8 Å². The number of ether oxygens (including phenoxy) is 1. The molecule has 7 heteroatoms. The normalized spacial score (nSPS) is 10.3. The van der Waals surface area contributed by atoms with E-state index >= 15 is 0 Å². The van der Waals surface area contributed by atoms with Gasteiger partial charge in [0.1, 0.15) is 5.75 Å². The van der Waals surface area contributed by atoms with Gasteiger partial charge in [0, 0.05) is 19.6 Å². The van der Waals surface area contributed by atoms with Crippen molar-refractivity contribution in [3.05, 3.63) is 47.1 Å². The van der Waals surface area contributed by atoms with Gasteiger partial charge in [-0.3, -0.25) is 0 Å². The lowest BCUT2D eigenvalue weighted by atomic mass is 10.2. The third-order valence-electron chi connectivity index (χ3n) is 3.27. The maximum absolute atomic E-state index is 5.83. The van der Waals surface area contributed by atoms with E-state index in [4.69, 9.17) is 16.3 Å². The van der Waals surface area contributed by atoms with Crippen molar-refractivity contribution < 1.29 is 4.74 Å². The van der Waals surface area contributed by atoms with Gasteiger partial charge in [-0.2, -0.15) is 0 Å². The number of benzene rings is 1. The van der Waals surface area contributed by atoms with Crippen LogP contribution in [0.1, 0.15) is 5.56 Å². The highest BCUT2D eigenvalue weighted by atomic mass is 35.5. The van der Waals surface area contributed by atoms with Gasteiger partial charge in [-0.05, 0) is 43.9 Å². The highest BCUT2D eigenvalue weighted by molar-refractivity contribution is 6.29. The van der Waals surface area contributed by atoms with Crippen LogP contribution < -0.4 is 9.64 Å². The molecule has 0 saturated heterocycles. The van der Waals surface area contributed by atoms with E-state index in [1.165, 1.54) is 0 Å². The fraction of sp³-hybridized carbons (Fsp3) is 0.375. The second-order valence-electron chi connectivity index (χ2n) is 5.29. The van der Waals surface area contributed by atoms with Crippen LogP contribution in [-0.4, -0.2) is 49.4 Å². The Hall–Kier alpha value is -1.56. The van der Waals surface area contributed by atoms with Gasteiger partial charge in [0.25, 0.3) is 0 Å². The molecule has 0 unspecified atom stereocenters. The van der Waals surface area contributed by atoms with E-state index in [0.717, 1.165) is 36.8 Å². The van der Waals surface area contributed by atoms with E-state index in [-0.39, 0.29) is 12.4 Å². The monoisotopic (exact) mass is 356 g/mol. The second kappa shape index (κ2) is 9.55. The molecule has 0 aliphatic rings. The number of hydrogen-bond donors (Lipinski definition) is 0. The number of likely N-dealkylation sites (N-methyl/N-ethyl adjacent to an activating group) is 1. The number of aromatic nitrogens is 2. The van der Waals surface area contributed by atoms with Crippen LogP contribution in [-0.2, 0) is 6.54 Å². The van der Waals surface area contributed by atoms with Crippen LogP contribution in [0.2, 0.25) is 5.15 Å². The lowest BCUT2D eigenvalue weighted by molar-refractivity contribution is 0.410. The molecule has 0 radical (unpaired) electrons. The summed E-state index contributed by atoms with van der Waals surface area (Å²) >= 11 is 5.83. The van der Waals surface area contributed by atoms with Crippen LogP contribution in [0.3, 0.4) is 0 Å². The van der Waals surface area contributed by atoms with Gasteiger partial charge in [0.2, 0.25) is 0 Å². The quantitative estimate of drug-likeness (QED) is 0.762. The van der Waals surface area contributed by atoms with Crippen LogP contribution in [0, 0.1) is 0 Å². The van der Waals surface area contributed by atoms with Crippen LogP contribution in [0.4, 0.5) is 5.82 Å². The van der Waals surface area contributed by atoms with Crippen molar-refractivity contribution in [1.29, 1.82) is 0 Å². The first kappa shape index (κ1) is 19.5. The highest BCUT2D eigenvalue weighted by Gasteiger charge is 2.10. The Morgan fingerprint density at radius 3 is 2.48 bits per heavy atom. The molecule has 2 rings (SSSR count). The fourth-order valence-electron chi connectivity index (χ4n) is 2.06. The van der Waals surface area contributed by atoms with Crippen molar-refractivity contribution in [3.8, 4) is 5.75 Å². The van der Waals surface area contributed by atoms with Crippen molar-refractivity contribution in [2.45, 2.75) is 6.54 Å². The van der Waals surface area contributed by atoms with E-state index in [1.807, 2.05) is 24.3 Å². The first-order valence-corrected chi connectivity index (χ1v) is 7.48. The Bertz CT molecular complexity index is 593. The summed E-state index contributed by atoms with van der Waals surface area (Å²) in [6, 6.07) is 11.7. The van der Waals surface area contributed by atoms with E-state index in [0.29, 0.717) is 5.15 Å². The Labute approximate surface area is 148 Å². The molecule has 1 heterocycles. The Morgan fingerprint density at radius 2 is 1.87 bits per heavy atom. The number of methoxy groups -OCH3 is 1. The zero-order valence-electron chi connectivity index (χ0n) is 13.6. The van der Waals surface area contributed by atoms with E-state index in [2.05, 4.69) is 40.2 Å². The lowest BCUT2D eigenvalue weighted by Gasteiger charge is -2.25. The fourth-order valence-corrected chi connectivity index (χ4v) is 2.16. The van der Waals surface area contributed by atoms with Gasteiger partial charge in [-0.1, -0.05) is 23.7 Å². The molecule has 0 bridgehead atoms. The minimum absolute atomic E-state index is 0. The zero-order chi connectivity index (χ0) is 15.9. The first-order chi connectivity index (χ1) is 10.6. The van der Waals surface area contributed by atoms with Crippen molar-refractivity contribution in [2.75, 3.05) is 39.2 Å². The molecule has 0 aliphatic carbocycles. The van der Waals surface area contributed by atoms with E-state index in [1.54, 1.807) is 13.2 Å². The lowest BCUT2D eigenvalue weighted by Crippen LogP contribution is -2.32. The molecular formula is C16H22Cl2N4O. The third kappa shape index (κ3) is 6.22. The molecule has 0 spiro atoms. The molecule has 0 amide bonds. The van der Waals surface area contributed by atoms with Crippen molar-refractivity contribution in [1.82, 2.24) is 15.1 Å². The number of anilines is 1. The molecule has 0 aliphatic heterocycles. The SMILES string of the molecule is COc1cccc(CN(CCN(C)C)c2ccc(Cl)nn2)c1.Cl. The van der Waals surface area contributed by atoms with Crippen LogP contribution in [0.15, 0.2) is 36.4 Å². The van der Waals surface area contributed by atoms with Crippen LogP contribution in [0.25, 0.3) is 0 Å². The predicted molar refractivity (Wildman–Crippen MR) is 96.9 cm³/mol. The summed E-state index contributed by atoms with van der Waals surface area (Å²) in [6.45, 7) is 2.51. The minimum atomic E-state index is 0. The van der Waals surface area contributed by atoms with Gasteiger partial charge in [0.05, 0.1) is 7.11 Å². The molecule has 23 heavy (non-hydrogen) atoms. The summed E-state index contributed by atoms with van der Waals surface area (Å²) in [4.78, 5) is 4.32. The molecule has 1 aromatic heterocycles. The number of hydrogen-bond acceptors (Lipinski definition) is 5. The van der Waals surface area contributed by atoms with Gasteiger partial charge < -0.3 is 14.5 Å². The molecule has 126 valence electrons. The molecule has 5 nitrogen and oxygen atoms in total. The van der Waals surface area contributed by atoms with Crippen LogP contribution in [0.5, 0.6) is 5.75 Å². The Morgan fingerprint density at radius 1 is 1.09 bits per heavy atom. The first-order valence-electron chi connectivity index (χ1n) is 7.10. The second-order valence-corrected chi connectivity index (χ2v) is 5.68. The summed E-state index contributed by atoms with van der Waals surface area (Å²) < 4.78 is 5.28. The minimum Gasteiger partial charge on any atom is -0.497 e. The molecule has 0 fully saturated rings. The number of halogens is 2. The van der Waals surface area contributed by atoms with Crippen molar-refractivity contribution in [3.63, 3.8) is 0 Å². The Kier molecular flexibility index (Phi) is 8.09. The number of nitrogens with zero attached hydrogens (tertiary/aromatic N) is 4. The highest BCUT2D eigenvalue weighted by Crippen LogP contribution is 2.18. The average molecular weight is 357 g/mol. The maximum atomic E-state index is 5.83. The summed E-state index contributed by atoms with van der Waals surface area (Å²) in [5, 5.41) is 8.53. The topological polar surface area (TPSA) is 41.5 Å². The summed E-state index contributed by atoms with van der Waals surface area (Å²) in [7, 11) is 5.78. The molecule has 0 saturated carbocycles. The smallest absolute Gasteiger partial charge is 0.151 e. The summed E-state index contributed by atoms with van der Waals surface area (Å²) in [5.41, 5.74) is 1.16. The standard InChI is InChI=1S/C16H21ClN4O.ClH/c1-20(2)9-10-21(16-8-7-15(17)18-19-16)12-13-5-4-6-14(11-13)22-3;/h4-8,11H,9-10,12H2,1-3H3;1H. The molecule has 2 aromatic rings. The predicted octanol–water partition coefficient (Wildman–Crippen LogP) is 3.13. The zero-order valence-corrected chi connectivity index (χ0v) is 15.1. The molecular weight excluding hydrogens is 335 g/mol. The Balaban J connectivity index is 0.00000264. The molecule has 0 N–H and O–H groups in total. The molecule has 0 atom stereocenters. The largest absolute Gasteiger partial charge is 0.497 e. The van der Waals surface area contributed by atoms with E-state index in [9.17, 15) is 0 Å². The van der Waals surface area contributed by atoms with Gasteiger partial charge in [-0.25, -0.2) is 0 Å². The van der Waals surface area contributed by atoms with Gasteiger partial charge in [-0.15, -0.1) is 22.6 Å². The molecule has 1 aromatic carbocycles. The average Bonchev–Trinajstić information content (AvgIpc) is 2.52. The van der Waals surface area contributed by atoms with Crippen molar-refractivity contribution in [2.24, 2.45) is 0 Å². The van der Waals surface area contributed by atoms with E-state index < -0.39 is 0 Å². The van der Waals surface area contributed by atoms with Gasteiger partial charge >= 0.3 is 0 Å². The maximum Gasteiger partial charge on any atom is 0.151 e. The number of rotatable bonds is 7. The summed E-state index contributed by atoms with van der Waals surface area (Å²) in [6.07, 6.45) is 0. The van der Waals surface area contributed by atoms with Gasteiger partial charge in [0.15, 0.2) is 11.0 Å². The summed E-state index contributed by atoms with van der Waals surface area (Å²) in [5.74, 6) is 1.67. The van der Waals surface area contributed by atoms with Crippen LogP contribution >= 0.6 is 24.0 Å². The third-order valence-corrected chi connectivity index (χ3v) is 3.47.